The highest BCUT2D eigenvalue weighted by Gasteiger charge is 2.17. The first-order chi connectivity index (χ1) is 29.6. The fraction of sp³-hybridized carbons (Fsp3) is 0.709. The Balaban J connectivity index is 4.38. The number of carbonyl (C=O) groups excluding carboxylic acids is 2. The molecule has 0 fully saturated rings. The van der Waals surface area contributed by atoms with Gasteiger partial charge in [-0.3, -0.25) is 9.59 Å². The monoisotopic (exact) mass is 835 g/mol. The minimum atomic E-state index is -0.586. The Bertz CT molecular complexity index is 1130. The van der Waals surface area contributed by atoms with Gasteiger partial charge in [-0.15, -0.1) is 0 Å². The van der Waals surface area contributed by atoms with Crippen molar-refractivity contribution in [2.45, 2.75) is 232 Å². The lowest BCUT2D eigenvalue weighted by Gasteiger charge is -2.18. The van der Waals surface area contributed by atoms with Crippen LogP contribution in [0.2, 0.25) is 0 Å². The van der Waals surface area contributed by atoms with Crippen molar-refractivity contribution in [3.05, 3.63) is 85.1 Å². The molecular weight excluding hydrogens is 741 g/mol. The molecule has 0 amide bonds. The molecule has 0 radical (unpaired) electrons. The van der Waals surface area contributed by atoms with E-state index < -0.39 is 6.10 Å². The van der Waals surface area contributed by atoms with Crippen molar-refractivity contribution in [2.24, 2.45) is 0 Å². The lowest BCUT2D eigenvalue weighted by atomic mass is 10.1. The van der Waals surface area contributed by atoms with Crippen LogP contribution < -0.4 is 0 Å². The average molecular weight is 835 g/mol. The van der Waals surface area contributed by atoms with Gasteiger partial charge in [0.05, 0.1) is 6.61 Å². The van der Waals surface area contributed by atoms with Gasteiger partial charge in [-0.05, 0) is 103 Å². The molecule has 60 heavy (non-hydrogen) atoms. The molecule has 5 heteroatoms. The van der Waals surface area contributed by atoms with Crippen molar-refractivity contribution in [3.8, 4) is 0 Å². The lowest BCUT2D eigenvalue weighted by molar-refractivity contribution is -0.162. The van der Waals surface area contributed by atoms with Crippen molar-refractivity contribution in [3.63, 3.8) is 0 Å². The average Bonchev–Trinajstić information content (AvgIpc) is 3.25. The smallest absolute Gasteiger partial charge is 0.306 e. The van der Waals surface area contributed by atoms with Gasteiger partial charge < -0.3 is 14.2 Å². The predicted molar refractivity (Wildman–Crippen MR) is 260 cm³/mol. The van der Waals surface area contributed by atoms with E-state index in [4.69, 9.17) is 14.2 Å². The minimum absolute atomic E-state index is 0.0439. The molecule has 5 nitrogen and oxygen atoms in total. The normalized spacial score (nSPS) is 12.9. The van der Waals surface area contributed by atoms with Gasteiger partial charge >= 0.3 is 11.9 Å². The number of rotatable bonds is 45. The molecule has 1 unspecified atom stereocenters. The molecule has 344 valence electrons. The molecule has 1 atom stereocenters. The van der Waals surface area contributed by atoms with Crippen LogP contribution in [-0.2, 0) is 23.8 Å². The molecule has 0 heterocycles. The highest BCUT2D eigenvalue weighted by molar-refractivity contribution is 5.70. The third-order valence-electron chi connectivity index (χ3n) is 10.4. The second-order valence-electron chi connectivity index (χ2n) is 16.3. The molecule has 0 aliphatic carbocycles. The summed E-state index contributed by atoms with van der Waals surface area (Å²) >= 11 is 0. The summed E-state index contributed by atoms with van der Waals surface area (Å²) in [7, 11) is 0. The fourth-order valence-corrected chi connectivity index (χ4v) is 6.66. The highest BCUT2D eigenvalue weighted by Crippen LogP contribution is 2.12. The Morgan fingerprint density at radius 1 is 0.383 bits per heavy atom. The Kier molecular flexibility index (Phi) is 48.0. The maximum Gasteiger partial charge on any atom is 0.306 e. The van der Waals surface area contributed by atoms with E-state index in [1.54, 1.807) is 0 Å². The van der Waals surface area contributed by atoms with Gasteiger partial charge in [0, 0.05) is 19.4 Å². The summed E-state index contributed by atoms with van der Waals surface area (Å²) in [5.41, 5.74) is 0. The van der Waals surface area contributed by atoms with E-state index in [0.717, 1.165) is 70.6 Å². The minimum Gasteiger partial charge on any atom is -0.462 e. The van der Waals surface area contributed by atoms with Gasteiger partial charge in [0.25, 0.3) is 0 Å². The molecule has 0 rings (SSSR count). The van der Waals surface area contributed by atoms with E-state index in [-0.39, 0.29) is 25.2 Å². The van der Waals surface area contributed by atoms with Crippen LogP contribution >= 0.6 is 0 Å². The van der Waals surface area contributed by atoms with E-state index in [1.165, 1.54) is 116 Å². The van der Waals surface area contributed by atoms with E-state index >= 15 is 0 Å². The van der Waals surface area contributed by atoms with Crippen LogP contribution in [0.4, 0.5) is 0 Å². The maximum absolute atomic E-state index is 12.7. The highest BCUT2D eigenvalue weighted by atomic mass is 16.6. The van der Waals surface area contributed by atoms with Crippen LogP contribution in [0.25, 0.3) is 0 Å². The molecule has 0 aromatic carbocycles. The standard InChI is InChI=1S/C55H94O5/c1-4-7-10-13-16-19-22-25-27-29-32-35-38-41-44-47-50-58-51-53(60-55(57)49-46-43-40-37-34-30-24-21-18-15-12-9-6-3)52-59-54(56)48-45-42-39-36-33-31-28-26-23-20-17-14-11-8-5-2/h9,12,17-18,20-21,25-28,30,34,40,43,53H,4-8,10-11,13-16,19,22-24,29,31-33,35-39,41-42,44-52H2,1-3H3/b12-9-,20-17-,21-18-,27-25-,28-26-,34-30-,43-40-. The first kappa shape index (κ1) is 57.1. The zero-order chi connectivity index (χ0) is 43.5. The third-order valence-corrected chi connectivity index (χ3v) is 10.4. The largest absolute Gasteiger partial charge is 0.462 e. The lowest BCUT2D eigenvalue weighted by Crippen LogP contribution is -2.30. The molecule has 0 saturated carbocycles. The number of allylic oxidation sites excluding steroid dienone is 14. The second kappa shape index (κ2) is 50.4. The second-order valence-corrected chi connectivity index (χ2v) is 16.3. The third kappa shape index (κ3) is 47.8. The quantitative estimate of drug-likeness (QED) is 0.0347. The Morgan fingerprint density at radius 2 is 0.783 bits per heavy atom. The SMILES string of the molecule is CC/C=C\C/C=C\C/C=C\C/C=C\CCC(=O)OC(COCCCCCCCC/C=C\CCCCCCCC)COC(=O)CCCCCCC/C=C\C/C=C\CCCCC. The molecule has 0 spiro atoms. The van der Waals surface area contributed by atoms with E-state index in [2.05, 4.69) is 99.8 Å². The van der Waals surface area contributed by atoms with E-state index in [9.17, 15) is 9.59 Å². The van der Waals surface area contributed by atoms with Crippen molar-refractivity contribution in [1.82, 2.24) is 0 Å². The van der Waals surface area contributed by atoms with Gasteiger partial charge in [0.2, 0.25) is 0 Å². The summed E-state index contributed by atoms with van der Waals surface area (Å²) in [6, 6.07) is 0. The number of hydrogen-bond donors (Lipinski definition) is 0. The van der Waals surface area contributed by atoms with Gasteiger partial charge in [-0.2, -0.15) is 0 Å². The van der Waals surface area contributed by atoms with Crippen LogP contribution in [-0.4, -0.2) is 37.9 Å². The number of ether oxygens (including phenoxy) is 3. The number of carbonyl (C=O) groups is 2. The summed E-state index contributed by atoms with van der Waals surface area (Å²) in [5.74, 6) is -0.511. The molecule has 0 aliphatic rings. The van der Waals surface area contributed by atoms with Crippen LogP contribution in [0, 0.1) is 0 Å². The van der Waals surface area contributed by atoms with Crippen LogP contribution in [0.5, 0.6) is 0 Å². The summed E-state index contributed by atoms with van der Waals surface area (Å²) in [4.78, 5) is 25.3. The number of unbranched alkanes of at least 4 members (excludes halogenated alkanes) is 20. The molecule has 0 aromatic heterocycles. The van der Waals surface area contributed by atoms with E-state index in [1.807, 2.05) is 6.08 Å². The maximum atomic E-state index is 12.7. The van der Waals surface area contributed by atoms with Gasteiger partial charge in [0.15, 0.2) is 6.10 Å². The van der Waals surface area contributed by atoms with E-state index in [0.29, 0.717) is 25.9 Å². The predicted octanol–water partition coefficient (Wildman–Crippen LogP) is 16.9. The number of hydrogen-bond acceptors (Lipinski definition) is 5. The topological polar surface area (TPSA) is 61.8 Å². The molecule has 0 aliphatic heterocycles. The first-order valence-electron chi connectivity index (χ1n) is 25.1. The molecule has 0 aromatic rings. The van der Waals surface area contributed by atoms with Gasteiger partial charge in [0.1, 0.15) is 6.61 Å². The number of esters is 2. The summed E-state index contributed by atoms with van der Waals surface area (Å²) in [5, 5.41) is 0. The van der Waals surface area contributed by atoms with Crippen molar-refractivity contribution in [1.29, 1.82) is 0 Å². The Morgan fingerprint density at radius 3 is 1.32 bits per heavy atom. The summed E-state index contributed by atoms with van der Waals surface area (Å²) in [6.45, 7) is 7.58. The zero-order valence-electron chi connectivity index (χ0n) is 39.5. The van der Waals surface area contributed by atoms with Crippen molar-refractivity contribution < 1.29 is 23.8 Å². The first-order valence-corrected chi connectivity index (χ1v) is 25.1. The van der Waals surface area contributed by atoms with Crippen LogP contribution in [0.1, 0.15) is 226 Å². The fourth-order valence-electron chi connectivity index (χ4n) is 6.66. The summed E-state index contributed by atoms with van der Waals surface area (Å²) in [6.07, 6.45) is 66.0. The van der Waals surface area contributed by atoms with Crippen LogP contribution in [0.3, 0.4) is 0 Å². The summed E-state index contributed by atoms with van der Waals surface area (Å²) < 4.78 is 17.3. The molecular formula is C55H94O5. The zero-order valence-corrected chi connectivity index (χ0v) is 39.5. The van der Waals surface area contributed by atoms with Crippen molar-refractivity contribution >= 4 is 11.9 Å². The van der Waals surface area contributed by atoms with Crippen LogP contribution in [0.15, 0.2) is 85.1 Å². The van der Waals surface area contributed by atoms with Gasteiger partial charge in [-0.25, -0.2) is 0 Å². The molecule has 0 N–H and O–H groups in total. The van der Waals surface area contributed by atoms with Crippen molar-refractivity contribution in [2.75, 3.05) is 19.8 Å². The molecule has 0 saturated heterocycles. The Labute approximate surface area is 371 Å². The van der Waals surface area contributed by atoms with Gasteiger partial charge in [-0.1, -0.05) is 196 Å². The Hall–Kier alpha value is -2.92. The molecule has 0 bridgehead atoms.